The van der Waals surface area contributed by atoms with Gasteiger partial charge in [-0.1, -0.05) is 96.7 Å². The molecule has 5 rings (SSSR count). The molecule has 11 heteroatoms. The van der Waals surface area contributed by atoms with E-state index in [9.17, 15) is 17.2 Å². The Kier molecular flexibility index (Phi) is 11.8. The summed E-state index contributed by atoms with van der Waals surface area (Å²) in [6.45, 7) is 4.91. The van der Waals surface area contributed by atoms with Crippen molar-refractivity contribution in [2.75, 3.05) is 23.8 Å². The molecule has 0 radical (unpaired) electrons. The molecule has 0 bridgehead atoms. The van der Waals surface area contributed by atoms with Crippen LogP contribution >= 0.6 is 23.5 Å². The Bertz CT molecular complexity index is 1950. The molecular weight excluding hydrogens is 659 g/mol. The van der Waals surface area contributed by atoms with E-state index >= 15 is 0 Å². The molecule has 1 aliphatic rings. The third-order valence-corrected chi connectivity index (χ3v) is 11.1. The second-order valence-corrected chi connectivity index (χ2v) is 15.4. The summed E-state index contributed by atoms with van der Waals surface area (Å²) in [4.78, 5) is 5.54. The average Bonchev–Trinajstić information content (AvgIpc) is 3.38. The fourth-order valence-electron chi connectivity index (χ4n) is 5.37. The van der Waals surface area contributed by atoms with Gasteiger partial charge in [0.2, 0.25) is 0 Å². The molecule has 1 aliphatic heterocycles. The summed E-state index contributed by atoms with van der Waals surface area (Å²) >= 11 is 1.06. The summed E-state index contributed by atoms with van der Waals surface area (Å²) in [5.41, 5.74) is 3.28. The standard InChI is InChI=1S/C35H37NO6S4/c1-3-26(22-33(25(2)10-8-21-46(39,40)41)43-30-17-15-27-11-4-5-13-29(27)24-30)23-34-36(19-9-20-42-45(37)38)35-31-14-7-6-12-28(31)16-18-32(35)44-34/h4-7,11-18,22-24H,3,8-10,19-21H2,1-2H3,(H,37,38)(H,39,40,41)/b26-22?,33-25-,34-23?. The Morgan fingerprint density at radius 2 is 1.72 bits per heavy atom. The first-order valence-corrected chi connectivity index (χ1v) is 19.3. The van der Waals surface area contributed by atoms with E-state index in [1.807, 2.05) is 31.2 Å². The summed E-state index contributed by atoms with van der Waals surface area (Å²) in [6.07, 6.45) is 6.58. The van der Waals surface area contributed by atoms with Crippen LogP contribution in [0.25, 0.3) is 21.5 Å². The number of anilines is 1. The number of nitrogens with zero attached hydrogens (tertiary/aromatic N) is 1. The molecule has 4 aromatic carbocycles. The van der Waals surface area contributed by atoms with Gasteiger partial charge in [-0.25, -0.2) is 0 Å². The van der Waals surface area contributed by atoms with Crippen molar-refractivity contribution in [2.45, 2.75) is 49.3 Å². The lowest BCUT2D eigenvalue weighted by atomic mass is 10.1. The Hall–Kier alpha value is -2.90. The quantitative estimate of drug-likeness (QED) is 0.0439. The highest BCUT2D eigenvalue weighted by Crippen LogP contribution is 2.50. The van der Waals surface area contributed by atoms with Gasteiger partial charge < -0.3 is 4.90 Å². The summed E-state index contributed by atoms with van der Waals surface area (Å²) in [5, 5.41) is 5.66. The van der Waals surface area contributed by atoms with Crippen molar-refractivity contribution in [1.82, 2.24) is 0 Å². The molecule has 0 fully saturated rings. The topological polar surface area (TPSA) is 104 Å². The average molecular weight is 696 g/mol. The van der Waals surface area contributed by atoms with Crippen molar-refractivity contribution in [3.05, 3.63) is 112 Å². The Labute approximate surface area is 282 Å². The van der Waals surface area contributed by atoms with Crippen molar-refractivity contribution in [1.29, 1.82) is 0 Å². The summed E-state index contributed by atoms with van der Waals surface area (Å²) in [5.74, 6) is -0.280. The van der Waals surface area contributed by atoms with Gasteiger partial charge in [0, 0.05) is 26.6 Å². The predicted molar refractivity (Wildman–Crippen MR) is 193 cm³/mol. The number of fused-ring (bicyclic) bond motifs is 4. The molecule has 0 saturated heterocycles. The minimum absolute atomic E-state index is 0.159. The molecule has 46 heavy (non-hydrogen) atoms. The molecule has 0 aliphatic carbocycles. The number of allylic oxidation sites excluding steroid dienone is 4. The third-order valence-electron chi connectivity index (χ3n) is 7.68. The second-order valence-electron chi connectivity index (χ2n) is 11.0. The lowest BCUT2D eigenvalue weighted by molar-refractivity contribution is 0.303. The smallest absolute Gasteiger partial charge is 0.301 e. The van der Waals surface area contributed by atoms with Gasteiger partial charge in [0.05, 0.1) is 23.1 Å². The molecule has 242 valence electrons. The van der Waals surface area contributed by atoms with Gasteiger partial charge in [0.25, 0.3) is 10.1 Å². The van der Waals surface area contributed by atoms with Gasteiger partial charge in [-0.05, 0) is 84.7 Å². The van der Waals surface area contributed by atoms with Crippen LogP contribution in [0, 0.1) is 0 Å². The van der Waals surface area contributed by atoms with Crippen LogP contribution in [0.2, 0.25) is 0 Å². The first-order valence-electron chi connectivity index (χ1n) is 15.1. The molecule has 0 aromatic heterocycles. The first kappa shape index (κ1) is 34.4. The molecule has 0 saturated carbocycles. The van der Waals surface area contributed by atoms with Crippen LogP contribution in [0.15, 0.2) is 122 Å². The molecule has 0 amide bonds. The lowest BCUT2D eigenvalue weighted by Gasteiger charge is -2.22. The molecule has 4 aromatic rings. The zero-order valence-electron chi connectivity index (χ0n) is 25.7. The highest BCUT2D eigenvalue weighted by molar-refractivity contribution is 8.04. The fraction of sp³-hybridized carbons (Fsp3) is 0.257. The maximum absolute atomic E-state index is 11.4. The SMILES string of the molecule is CCC(=C/C(Sc1ccc2ccccc2c1)=C(\C)CCCS(=O)(=O)O)C=C1Sc2ccc3ccccc3c2N1CCCOS(=O)O. The van der Waals surface area contributed by atoms with Crippen molar-refractivity contribution >= 4 is 72.2 Å². The van der Waals surface area contributed by atoms with Crippen molar-refractivity contribution in [3.63, 3.8) is 0 Å². The maximum Gasteiger partial charge on any atom is 0.301 e. The van der Waals surface area contributed by atoms with Crippen molar-refractivity contribution in [2.24, 2.45) is 0 Å². The molecule has 7 nitrogen and oxygen atoms in total. The predicted octanol–water partition coefficient (Wildman–Crippen LogP) is 9.36. The Balaban J connectivity index is 1.51. The van der Waals surface area contributed by atoms with Crippen LogP contribution in [0.1, 0.15) is 39.5 Å². The number of rotatable bonds is 14. The number of benzene rings is 4. The molecule has 1 atom stereocenters. The fourth-order valence-corrected chi connectivity index (χ4v) is 8.38. The minimum Gasteiger partial charge on any atom is -0.334 e. The summed E-state index contributed by atoms with van der Waals surface area (Å²) in [7, 11) is -4.04. The monoisotopic (exact) mass is 695 g/mol. The van der Waals surface area contributed by atoms with Gasteiger partial charge in [-0.2, -0.15) is 12.6 Å². The van der Waals surface area contributed by atoms with E-state index < -0.39 is 21.5 Å². The van der Waals surface area contributed by atoms with Gasteiger partial charge >= 0.3 is 11.4 Å². The summed E-state index contributed by atoms with van der Waals surface area (Å²) < 4.78 is 57.3. The van der Waals surface area contributed by atoms with E-state index in [0.717, 1.165) is 64.5 Å². The van der Waals surface area contributed by atoms with E-state index in [1.165, 1.54) is 0 Å². The van der Waals surface area contributed by atoms with Crippen LogP contribution in [0.3, 0.4) is 0 Å². The minimum atomic E-state index is -4.04. The van der Waals surface area contributed by atoms with E-state index in [1.54, 1.807) is 23.5 Å². The third kappa shape index (κ3) is 9.13. The van der Waals surface area contributed by atoms with E-state index in [4.69, 9.17) is 8.74 Å². The Morgan fingerprint density at radius 1 is 1.00 bits per heavy atom. The summed E-state index contributed by atoms with van der Waals surface area (Å²) in [6, 6.07) is 27.2. The largest absolute Gasteiger partial charge is 0.334 e. The van der Waals surface area contributed by atoms with Crippen LogP contribution in [-0.4, -0.2) is 40.6 Å². The van der Waals surface area contributed by atoms with Gasteiger partial charge in [-0.3, -0.25) is 13.3 Å². The highest BCUT2D eigenvalue weighted by atomic mass is 32.2. The maximum atomic E-state index is 11.4. The van der Waals surface area contributed by atoms with Crippen molar-refractivity contribution in [3.8, 4) is 0 Å². The normalized spacial score (nSPS) is 15.9. The second kappa shape index (κ2) is 15.8. The van der Waals surface area contributed by atoms with Crippen LogP contribution in [0.5, 0.6) is 0 Å². The number of hydrogen-bond acceptors (Lipinski definition) is 7. The highest BCUT2D eigenvalue weighted by Gasteiger charge is 2.27. The molecule has 1 heterocycles. The molecule has 1 unspecified atom stereocenters. The van der Waals surface area contributed by atoms with E-state index in [2.05, 4.69) is 78.6 Å². The van der Waals surface area contributed by atoms with Gasteiger partial charge in [0.1, 0.15) is 0 Å². The lowest BCUT2D eigenvalue weighted by Crippen LogP contribution is -2.21. The first-order chi connectivity index (χ1) is 22.1. The van der Waals surface area contributed by atoms with Crippen LogP contribution in [0.4, 0.5) is 5.69 Å². The van der Waals surface area contributed by atoms with Gasteiger partial charge in [-0.15, -0.1) is 0 Å². The molecule has 0 spiro atoms. The van der Waals surface area contributed by atoms with Crippen molar-refractivity contribution < 1.29 is 25.9 Å². The number of hydrogen-bond donors (Lipinski definition) is 2. The molecular formula is C35H37NO6S4. The number of thioether (sulfide) groups is 2. The zero-order valence-corrected chi connectivity index (χ0v) is 29.0. The Morgan fingerprint density at radius 3 is 2.46 bits per heavy atom. The zero-order chi connectivity index (χ0) is 32.7. The van der Waals surface area contributed by atoms with Crippen LogP contribution < -0.4 is 4.90 Å². The van der Waals surface area contributed by atoms with E-state index in [-0.39, 0.29) is 12.4 Å². The van der Waals surface area contributed by atoms with E-state index in [0.29, 0.717) is 25.8 Å². The van der Waals surface area contributed by atoms with Gasteiger partial charge in [0.15, 0.2) is 0 Å². The van der Waals surface area contributed by atoms with Crippen LogP contribution in [-0.2, 0) is 25.7 Å². The molecule has 2 N–H and O–H groups in total.